The monoisotopic (exact) mass is 281 g/mol. The van der Waals surface area contributed by atoms with Crippen molar-refractivity contribution in [1.29, 1.82) is 5.26 Å². The normalized spacial score (nSPS) is 18.7. The van der Waals surface area contributed by atoms with Crippen LogP contribution < -0.4 is 0 Å². The smallest absolute Gasteiger partial charge is 0.107 e. The van der Waals surface area contributed by atoms with Gasteiger partial charge in [-0.3, -0.25) is 0 Å². The Kier molecular flexibility index (Phi) is 3.38. The second-order valence-corrected chi connectivity index (χ2v) is 6.24. The first kappa shape index (κ1) is 11.0. The Morgan fingerprint density at radius 1 is 1.20 bits per heavy atom. The molecule has 1 aliphatic rings. The molecule has 0 radical (unpaired) electrons. The van der Waals surface area contributed by atoms with Crippen molar-refractivity contribution >= 4 is 27.7 Å². The molecule has 0 heterocycles. The molecule has 1 fully saturated rings. The van der Waals surface area contributed by atoms with Crippen molar-refractivity contribution in [2.24, 2.45) is 0 Å². The van der Waals surface area contributed by atoms with Crippen LogP contribution in [-0.4, -0.2) is 4.75 Å². The van der Waals surface area contributed by atoms with Crippen LogP contribution >= 0.6 is 27.7 Å². The molecule has 3 heteroatoms. The fraction of sp³-hybridized carbons (Fsp3) is 0.417. The average molecular weight is 282 g/mol. The fourth-order valence-electron chi connectivity index (χ4n) is 1.91. The first-order chi connectivity index (χ1) is 7.24. The molecular weight excluding hydrogens is 270 g/mol. The molecule has 15 heavy (non-hydrogen) atoms. The van der Waals surface area contributed by atoms with E-state index in [2.05, 4.69) is 34.1 Å². The molecule has 0 N–H and O–H groups in total. The first-order valence-electron chi connectivity index (χ1n) is 5.10. The van der Waals surface area contributed by atoms with Crippen molar-refractivity contribution in [3.8, 4) is 6.07 Å². The molecule has 1 saturated carbocycles. The standard InChI is InChI=1S/C12H12BrNS/c13-10-3-5-11(6-4-10)15-12(9-14)7-1-2-8-12/h3-6H,1-2,7-8H2. The first-order valence-corrected chi connectivity index (χ1v) is 6.71. The van der Waals surface area contributed by atoms with Gasteiger partial charge in [0.2, 0.25) is 0 Å². The lowest BCUT2D eigenvalue weighted by Gasteiger charge is -2.19. The van der Waals surface area contributed by atoms with Crippen LogP contribution in [-0.2, 0) is 0 Å². The van der Waals surface area contributed by atoms with E-state index in [9.17, 15) is 5.26 Å². The van der Waals surface area contributed by atoms with Crippen LogP contribution in [0.1, 0.15) is 25.7 Å². The van der Waals surface area contributed by atoms with E-state index in [0.717, 1.165) is 17.3 Å². The van der Waals surface area contributed by atoms with Gasteiger partial charge in [-0.2, -0.15) is 5.26 Å². The maximum absolute atomic E-state index is 9.25. The minimum atomic E-state index is -0.159. The van der Waals surface area contributed by atoms with E-state index >= 15 is 0 Å². The summed E-state index contributed by atoms with van der Waals surface area (Å²) >= 11 is 5.14. The second-order valence-electron chi connectivity index (χ2n) is 3.87. The van der Waals surface area contributed by atoms with Gasteiger partial charge in [-0.1, -0.05) is 28.8 Å². The molecule has 0 spiro atoms. The van der Waals surface area contributed by atoms with Crippen LogP contribution in [0.15, 0.2) is 33.6 Å². The number of hydrogen-bond acceptors (Lipinski definition) is 2. The number of hydrogen-bond donors (Lipinski definition) is 0. The molecule has 1 nitrogen and oxygen atoms in total. The van der Waals surface area contributed by atoms with Gasteiger partial charge < -0.3 is 0 Å². The Morgan fingerprint density at radius 3 is 2.33 bits per heavy atom. The van der Waals surface area contributed by atoms with Crippen molar-refractivity contribution in [2.45, 2.75) is 35.3 Å². The average Bonchev–Trinajstić information content (AvgIpc) is 2.71. The van der Waals surface area contributed by atoms with E-state index in [1.807, 2.05) is 12.1 Å². The molecule has 1 aliphatic carbocycles. The third-order valence-electron chi connectivity index (χ3n) is 2.74. The van der Waals surface area contributed by atoms with Gasteiger partial charge in [0.05, 0.1) is 6.07 Å². The minimum Gasteiger partial charge on any atom is -0.197 e. The highest BCUT2D eigenvalue weighted by molar-refractivity contribution is 9.10. The summed E-state index contributed by atoms with van der Waals surface area (Å²) in [5, 5.41) is 9.25. The number of halogens is 1. The van der Waals surface area contributed by atoms with E-state index in [-0.39, 0.29) is 4.75 Å². The maximum atomic E-state index is 9.25. The van der Waals surface area contributed by atoms with Gasteiger partial charge in [-0.15, -0.1) is 11.8 Å². The predicted molar refractivity (Wildman–Crippen MR) is 66.8 cm³/mol. The number of benzene rings is 1. The lowest BCUT2D eigenvalue weighted by Crippen LogP contribution is -2.16. The Morgan fingerprint density at radius 2 is 1.80 bits per heavy atom. The highest BCUT2D eigenvalue weighted by Gasteiger charge is 2.34. The third-order valence-corrected chi connectivity index (χ3v) is 4.67. The SMILES string of the molecule is N#CC1(Sc2ccc(Br)cc2)CCCC1. The van der Waals surface area contributed by atoms with Crippen molar-refractivity contribution in [3.05, 3.63) is 28.7 Å². The Bertz CT molecular complexity index is 374. The highest BCUT2D eigenvalue weighted by Crippen LogP contribution is 2.44. The molecule has 1 aromatic rings. The molecule has 0 aliphatic heterocycles. The van der Waals surface area contributed by atoms with Gasteiger partial charge in [-0.05, 0) is 37.1 Å². The lowest BCUT2D eigenvalue weighted by molar-refractivity contribution is 0.759. The summed E-state index contributed by atoms with van der Waals surface area (Å²) in [4.78, 5) is 1.20. The summed E-state index contributed by atoms with van der Waals surface area (Å²) in [6.45, 7) is 0. The Labute approximate surface area is 103 Å². The lowest BCUT2D eigenvalue weighted by atomic mass is 10.1. The van der Waals surface area contributed by atoms with Crippen LogP contribution in [0, 0.1) is 11.3 Å². The van der Waals surface area contributed by atoms with Gasteiger partial charge in [-0.25, -0.2) is 0 Å². The zero-order valence-electron chi connectivity index (χ0n) is 8.37. The fourth-order valence-corrected chi connectivity index (χ4v) is 3.44. The van der Waals surface area contributed by atoms with E-state index in [0.29, 0.717) is 0 Å². The molecule has 78 valence electrons. The molecule has 2 rings (SSSR count). The summed E-state index contributed by atoms with van der Waals surface area (Å²) in [6, 6.07) is 10.7. The van der Waals surface area contributed by atoms with Crippen molar-refractivity contribution in [3.63, 3.8) is 0 Å². The van der Waals surface area contributed by atoms with Gasteiger partial charge in [0, 0.05) is 9.37 Å². The molecule has 0 saturated heterocycles. The van der Waals surface area contributed by atoms with Crippen LogP contribution in [0.4, 0.5) is 0 Å². The van der Waals surface area contributed by atoms with E-state index in [4.69, 9.17) is 0 Å². The molecule has 0 bridgehead atoms. The van der Waals surface area contributed by atoms with Crippen LogP contribution in [0.25, 0.3) is 0 Å². The summed E-state index contributed by atoms with van der Waals surface area (Å²) in [6.07, 6.45) is 4.45. The van der Waals surface area contributed by atoms with Gasteiger partial charge in [0.25, 0.3) is 0 Å². The molecule has 1 aromatic carbocycles. The van der Waals surface area contributed by atoms with Crippen LogP contribution in [0.2, 0.25) is 0 Å². The zero-order chi connectivity index (χ0) is 10.7. The van der Waals surface area contributed by atoms with Gasteiger partial charge in [0.15, 0.2) is 0 Å². The van der Waals surface area contributed by atoms with Gasteiger partial charge in [0.1, 0.15) is 4.75 Å². The minimum absolute atomic E-state index is 0.159. The van der Waals surface area contributed by atoms with E-state index in [1.54, 1.807) is 11.8 Å². The quantitative estimate of drug-likeness (QED) is 0.803. The van der Waals surface area contributed by atoms with Crippen LogP contribution in [0.5, 0.6) is 0 Å². The Balaban J connectivity index is 2.14. The van der Waals surface area contributed by atoms with Crippen molar-refractivity contribution in [1.82, 2.24) is 0 Å². The Hall–Kier alpha value is -0.460. The van der Waals surface area contributed by atoms with Crippen molar-refractivity contribution < 1.29 is 0 Å². The molecule has 0 aromatic heterocycles. The third kappa shape index (κ3) is 2.56. The number of thioether (sulfide) groups is 1. The van der Waals surface area contributed by atoms with Crippen LogP contribution in [0.3, 0.4) is 0 Å². The summed E-state index contributed by atoms with van der Waals surface area (Å²) in [5.41, 5.74) is 0. The zero-order valence-corrected chi connectivity index (χ0v) is 10.8. The number of nitrogens with zero attached hydrogens (tertiary/aromatic N) is 1. The molecule has 0 unspecified atom stereocenters. The largest absolute Gasteiger partial charge is 0.197 e. The number of nitriles is 1. The number of rotatable bonds is 2. The summed E-state index contributed by atoms with van der Waals surface area (Å²) in [7, 11) is 0. The second kappa shape index (κ2) is 4.59. The maximum Gasteiger partial charge on any atom is 0.107 e. The van der Waals surface area contributed by atoms with Crippen molar-refractivity contribution in [2.75, 3.05) is 0 Å². The molecule has 0 amide bonds. The molecule has 0 atom stereocenters. The summed E-state index contributed by atoms with van der Waals surface area (Å²) < 4.78 is 0.928. The van der Waals surface area contributed by atoms with E-state index < -0.39 is 0 Å². The molecular formula is C12H12BrNS. The predicted octanol–water partition coefficient (Wildman–Crippen LogP) is 4.38. The highest BCUT2D eigenvalue weighted by atomic mass is 79.9. The van der Waals surface area contributed by atoms with Gasteiger partial charge >= 0.3 is 0 Å². The summed E-state index contributed by atoms with van der Waals surface area (Å²) in [5.74, 6) is 0. The topological polar surface area (TPSA) is 23.8 Å². The van der Waals surface area contributed by atoms with E-state index in [1.165, 1.54) is 17.7 Å².